The van der Waals surface area contributed by atoms with Crippen molar-refractivity contribution in [2.75, 3.05) is 45.9 Å². The summed E-state index contributed by atoms with van der Waals surface area (Å²) in [6, 6.07) is 7.85. The second-order valence-electron chi connectivity index (χ2n) is 7.02. The Hall–Kier alpha value is -1.43. The van der Waals surface area contributed by atoms with Gasteiger partial charge >= 0.3 is 0 Å². The Morgan fingerprint density at radius 3 is 2.60 bits per heavy atom. The van der Waals surface area contributed by atoms with Gasteiger partial charge in [-0.3, -0.25) is 9.69 Å². The molecule has 2 fully saturated rings. The van der Waals surface area contributed by atoms with Crippen LogP contribution in [0, 0.1) is 6.92 Å². The average molecular weight is 346 g/mol. The molecule has 0 saturated carbocycles. The molecule has 0 aromatic heterocycles. The number of carbonyl (C=O) groups is 1. The van der Waals surface area contributed by atoms with E-state index in [0.29, 0.717) is 0 Å². The molecule has 0 radical (unpaired) electrons. The van der Waals surface area contributed by atoms with Gasteiger partial charge in [-0.15, -0.1) is 0 Å². The third-order valence-electron chi connectivity index (χ3n) is 5.02. The standard InChI is InChI=1S/C20H30N2O3/c1-17-6-8-18(9-7-17)20(23)22-13-11-21(12-14-22)10-4-16-25-19-5-2-3-15-24-19/h6-9,19H,2-5,10-16H2,1H3. The molecule has 1 unspecified atom stereocenters. The Labute approximate surface area is 150 Å². The molecular formula is C20H30N2O3. The van der Waals surface area contributed by atoms with Gasteiger partial charge in [-0.1, -0.05) is 17.7 Å². The predicted molar refractivity (Wildman–Crippen MR) is 97.7 cm³/mol. The molecule has 25 heavy (non-hydrogen) atoms. The fourth-order valence-electron chi connectivity index (χ4n) is 3.40. The number of hydrogen-bond acceptors (Lipinski definition) is 4. The van der Waals surface area contributed by atoms with Crippen molar-refractivity contribution in [2.24, 2.45) is 0 Å². The Balaban J connectivity index is 1.33. The summed E-state index contributed by atoms with van der Waals surface area (Å²) in [5.41, 5.74) is 1.97. The van der Waals surface area contributed by atoms with Crippen molar-refractivity contribution < 1.29 is 14.3 Å². The molecule has 0 spiro atoms. The third kappa shape index (κ3) is 5.53. The van der Waals surface area contributed by atoms with Gasteiger partial charge in [-0.25, -0.2) is 0 Å². The molecule has 2 aliphatic rings. The third-order valence-corrected chi connectivity index (χ3v) is 5.02. The number of amides is 1. The number of rotatable bonds is 6. The molecule has 5 nitrogen and oxygen atoms in total. The monoisotopic (exact) mass is 346 g/mol. The van der Waals surface area contributed by atoms with Gasteiger partial charge in [0.2, 0.25) is 0 Å². The maximum Gasteiger partial charge on any atom is 0.253 e. The normalized spacial score (nSPS) is 22.1. The van der Waals surface area contributed by atoms with Crippen molar-refractivity contribution in [3.63, 3.8) is 0 Å². The second kappa shape index (κ2) is 9.32. The van der Waals surface area contributed by atoms with Crippen LogP contribution >= 0.6 is 0 Å². The lowest BCUT2D eigenvalue weighted by molar-refractivity contribution is -0.163. The number of nitrogens with zero attached hydrogens (tertiary/aromatic N) is 2. The smallest absolute Gasteiger partial charge is 0.253 e. The van der Waals surface area contributed by atoms with Crippen molar-refractivity contribution in [3.05, 3.63) is 35.4 Å². The number of piperazine rings is 1. The van der Waals surface area contributed by atoms with Crippen LogP contribution in [0.25, 0.3) is 0 Å². The van der Waals surface area contributed by atoms with E-state index < -0.39 is 0 Å². The quantitative estimate of drug-likeness (QED) is 0.743. The van der Waals surface area contributed by atoms with Crippen LogP contribution in [0.4, 0.5) is 0 Å². The first-order valence-corrected chi connectivity index (χ1v) is 9.54. The SMILES string of the molecule is Cc1ccc(C(=O)N2CCN(CCCOC3CCCCO3)CC2)cc1. The van der Waals surface area contributed by atoms with Gasteiger partial charge in [0, 0.05) is 44.9 Å². The zero-order chi connectivity index (χ0) is 17.5. The molecule has 0 N–H and O–H groups in total. The molecular weight excluding hydrogens is 316 g/mol. The summed E-state index contributed by atoms with van der Waals surface area (Å²) in [7, 11) is 0. The first-order chi connectivity index (χ1) is 12.2. The van der Waals surface area contributed by atoms with E-state index in [9.17, 15) is 4.79 Å². The van der Waals surface area contributed by atoms with Crippen LogP contribution in [-0.4, -0.2) is 67.9 Å². The maximum atomic E-state index is 12.5. The minimum Gasteiger partial charge on any atom is -0.353 e. The number of aryl methyl sites for hydroxylation is 1. The molecule has 2 heterocycles. The van der Waals surface area contributed by atoms with Crippen molar-refractivity contribution in [1.29, 1.82) is 0 Å². The Morgan fingerprint density at radius 2 is 1.92 bits per heavy atom. The van der Waals surface area contributed by atoms with Gasteiger partial charge in [0.1, 0.15) is 0 Å². The van der Waals surface area contributed by atoms with E-state index in [4.69, 9.17) is 9.47 Å². The Kier molecular flexibility index (Phi) is 6.84. The topological polar surface area (TPSA) is 42.0 Å². The summed E-state index contributed by atoms with van der Waals surface area (Å²) in [4.78, 5) is 16.9. The molecule has 1 atom stereocenters. The number of carbonyl (C=O) groups excluding carboxylic acids is 1. The fourth-order valence-corrected chi connectivity index (χ4v) is 3.40. The van der Waals surface area contributed by atoms with Gasteiger partial charge in [0.25, 0.3) is 5.91 Å². The largest absolute Gasteiger partial charge is 0.353 e. The lowest BCUT2D eigenvalue weighted by atomic mass is 10.1. The predicted octanol–water partition coefficient (Wildman–Crippen LogP) is 2.69. The summed E-state index contributed by atoms with van der Waals surface area (Å²) < 4.78 is 11.4. The highest BCUT2D eigenvalue weighted by Gasteiger charge is 2.22. The molecule has 138 valence electrons. The lowest BCUT2D eigenvalue weighted by Crippen LogP contribution is -2.49. The molecule has 2 aliphatic heterocycles. The molecule has 1 aromatic carbocycles. The number of ether oxygens (including phenoxy) is 2. The van der Waals surface area contributed by atoms with Crippen LogP contribution in [0.15, 0.2) is 24.3 Å². The van der Waals surface area contributed by atoms with E-state index in [1.807, 2.05) is 36.1 Å². The first kappa shape index (κ1) is 18.4. The van der Waals surface area contributed by atoms with Crippen LogP contribution in [0.1, 0.15) is 41.6 Å². The van der Waals surface area contributed by atoms with Crippen molar-refractivity contribution in [3.8, 4) is 0 Å². The van der Waals surface area contributed by atoms with Gasteiger partial charge in [-0.2, -0.15) is 0 Å². The van der Waals surface area contributed by atoms with Gasteiger partial charge in [-0.05, 0) is 44.7 Å². The Morgan fingerprint density at radius 1 is 1.16 bits per heavy atom. The Bertz CT molecular complexity index is 532. The van der Waals surface area contributed by atoms with E-state index in [2.05, 4.69) is 4.90 Å². The van der Waals surface area contributed by atoms with Crippen molar-refractivity contribution in [2.45, 2.75) is 38.9 Å². The minimum absolute atomic E-state index is 0.0118. The fraction of sp³-hybridized carbons (Fsp3) is 0.650. The van der Waals surface area contributed by atoms with Gasteiger partial charge < -0.3 is 14.4 Å². The summed E-state index contributed by atoms with van der Waals surface area (Å²) in [6.07, 6.45) is 4.43. The van der Waals surface area contributed by atoms with Crippen molar-refractivity contribution in [1.82, 2.24) is 9.80 Å². The van der Waals surface area contributed by atoms with Gasteiger partial charge in [0.15, 0.2) is 6.29 Å². The van der Waals surface area contributed by atoms with E-state index in [1.165, 1.54) is 12.0 Å². The second-order valence-corrected chi connectivity index (χ2v) is 7.02. The maximum absolute atomic E-state index is 12.5. The number of benzene rings is 1. The summed E-state index contributed by atoms with van der Waals surface area (Å²) in [5.74, 6) is 0.150. The highest BCUT2D eigenvalue weighted by molar-refractivity contribution is 5.94. The van der Waals surface area contributed by atoms with Crippen LogP contribution < -0.4 is 0 Å². The van der Waals surface area contributed by atoms with Crippen LogP contribution in [0.2, 0.25) is 0 Å². The molecule has 3 rings (SSSR count). The molecule has 1 aromatic rings. The summed E-state index contributed by atoms with van der Waals surface area (Å²) >= 11 is 0. The molecule has 5 heteroatoms. The minimum atomic E-state index is 0.0118. The molecule has 2 saturated heterocycles. The van der Waals surface area contributed by atoms with Crippen molar-refractivity contribution >= 4 is 5.91 Å². The molecule has 1 amide bonds. The van der Waals surface area contributed by atoms with Crippen LogP contribution in [0.5, 0.6) is 0 Å². The average Bonchev–Trinajstić information content (AvgIpc) is 2.67. The first-order valence-electron chi connectivity index (χ1n) is 9.54. The van der Waals surface area contributed by atoms with Gasteiger partial charge in [0.05, 0.1) is 6.61 Å². The van der Waals surface area contributed by atoms with E-state index in [-0.39, 0.29) is 12.2 Å². The van der Waals surface area contributed by atoms with E-state index in [1.54, 1.807) is 0 Å². The zero-order valence-electron chi connectivity index (χ0n) is 15.3. The van der Waals surface area contributed by atoms with E-state index in [0.717, 1.165) is 70.8 Å². The summed E-state index contributed by atoms with van der Waals surface area (Å²) in [6.45, 7) is 8.15. The molecule has 0 aliphatic carbocycles. The van der Waals surface area contributed by atoms with Crippen LogP contribution in [-0.2, 0) is 9.47 Å². The van der Waals surface area contributed by atoms with E-state index >= 15 is 0 Å². The molecule has 0 bridgehead atoms. The highest BCUT2D eigenvalue weighted by atomic mass is 16.7. The highest BCUT2D eigenvalue weighted by Crippen LogP contribution is 2.14. The lowest BCUT2D eigenvalue weighted by Gasteiger charge is -2.35. The zero-order valence-corrected chi connectivity index (χ0v) is 15.3. The summed E-state index contributed by atoms with van der Waals surface area (Å²) in [5, 5.41) is 0. The number of hydrogen-bond donors (Lipinski definition) is 0. The van der Waals surface area contributed by atoms with Crippen LogP contribution in [0.3, 0.4) is 0 Å².